The number of nitrogens with one attached hydrogen (secondary N) is 1. The molecular formula is C16H26N4O2. The third kappa shape index (κ3) is 4.00. The van der Waals surface area contributed by atoms with Crippen molar-refractivity contribution in [2.45, 2.75) is 57.2 Å². The van der Waals surface area contributed by atoms with Gasteiger partial charge in [0.1, 0.15) is 0 Å². The number of urea groups is 1. The Morgan fingerprint density at radius 3 is 3.09 bits per heavy atom. The fourth-order valence-corrected chi connectivity index (χ4v) is 2.98. The summed E-state index contributed by atoms with van der Waals surface area (Å²) in [5.41, 5.74) is 1.09. The van der Waals surface area contributed by atoms with E-state index in [1.807, 2.05) is 19.6 Å². The van der Waals surface area contributed by atoms with Crippen LogP contribution in [0.4, 0.5) is 4.79 Å². The summed E-state index contributed by atoms with van der Waals surface area (Å²) < 4.78 is 7.78. The predicted octanol–water partition coefficient (Wildman–Crippen LogP) is 2.32. The van der Waals surface area contributed by atoms with E-state index in [4.69, 9.17) is 4.74 Å². The van der Waals surface area contributed by atoms with Gasteiger partial charge >= 0.3 is 6.03 Å². The molecule has 2 amide bonds. The molecule has 0 spiro atoms. The minimum absolute atomic E-state index is 0.0177. The third-order valence-electron chi connectivity index (χ3n) is 4.50. The van der Waals surface area contributed by atoms with Crippen molar-refractivity contribution in [1.82, 2.24) is 19.8 Å². The number of imidazole rings is 1. The zero-order valence-corrected chi connectivity index (χ0v) is 13.3. The van der Waals surface area contributed by atoms with Crippen LogP contribution in [0.5, 0.6) is 0 Å². The van der Waals surface area contributed by atoms with Gasteiger partial charge in [0.2, 0.25) is 0 Å². The summed E-state index contributed by atoms with van der Waals surface area (Å²) in [6.45, 7) is 2.22. The highest BCUT2D eigenvalue weighted by Gasteiger charge is 2.25. The van der Waals surface area contributed by atoms with Crippen molar-refractivity contribution in [1.29, 1.82) is 0 Å². The molecule has 0 aromatic carbocycles. The highest BCUT2D eigenvalue weighted by atomic mass is 16.5. The monoisotopic (exact) mass is 306 g/mol. The molecule has 3 rings (SSSR count). The highest BCUT2D eigenvalue weighted by molar-refractivity contribution is 5.73. The fraction of sp³-hybridized carbons (Fsp3) is 0.750. The molecule has 1 unspecified atom stereocenters. The van der Waals surface area contributed by atoms with E-state index in [0.29, 0.717) is 18.7 Å². The van der Waals surface area contributed by atoms with Crippen molar-refractivity contribution >= 4 is 6.03 Å². The minimum Gasteiger partial charge on any atom is -0.378 e. The standard InChI is InChI=1S/C16H26N4O2/c1-19(8-2-4-15-5-3-9-22-15)16(21)18-11-14-10-17-12-20(14)13-6-7-13/h10,12-13,15H,2-9,11H2,1H3,(H,18,21). The van der Waals surface area contributed by atoms with Gasteiger partial charge in [-0.25, -0.2) is 9.78 Å². The number of hydrogen-bond acceptors (Lipinski definition) is 3. The fourth-order valence-electron chi connectivity index (χ4n) is 2.98. The molecule has 122 valence electrons. The molecule has 1 aliphatic heterocycles. The van der Waals surface area contributed by atoms with Crippen LogP contribution in [0.15, 0.2) is 12.5 Å². The molecule has 1 saturated carbocycles. The number of ether oxygens (including phenoxy) is 1. The molecule has 2 heterocycles. The van der Waals surface area contributed by atoms with Crippen LogP contribution >= 0.6 is 0 Å². The van der Waals surface area contributed by atoms with Crippen molar-refractivity contribution in [2.24, 2.45) is 0 Å². The number of carbonyl (C=O) groups is 1. The number of hydrogen-bond donors (Lipinski definition) is 1. The van der Waals surface area contributed by atoms with Gasteiger partial charge in [-0.3, -0.25) is 0 Å². The minimum atomic E-state index is -0.0177. The molecule has 1 aliphatic carbocycles. The molecule has 6 heteroatoms. The van der Waals surface area contributed by atoms with E-state index in [1.165, 1.54) is 25.7 Å². The van der Waals surface area contributed by atoms with Crippen molar-refractivity contribution in [3.05, 3.63) is 18.2 Å². The third-order valence-corrected chi connectivity index (χ3v) is 4.50. The number of rotatable bonds is 7. The van der Waals surface area contributed by atoms with Gasteiger partial charge in [0.05, 0.1) is 24.7 Å². The Kier molecular flexibility index (Phi) is 4.97. The van der Waals surface area contributed by atoms with E-state index in [0.717, 1.165) is 31.7 Å². The van der Waals surface area contributed by atoms with Gasteiger partial charge in [0, 0.05) is 32.4 Å². The Bertz CT molecular complexity index is 492. The van der Waals surface area contributed by atoms with Crippen LogP contribution in [-0.2, 0) is 11.3 Å². The SMILES string of the molecule is CN(CCCC1CCCO1)C(=O)NCc1cncn1C1CC1. The van der Waals surface area contributed by atoms with Crippen molar-refractivity contribution in [2.75, 3.05) is 20.2 Å². The average molecular weight is 306 g/mol. The molecule has 0 bridgehead atoms. The lowest BCUT2D eigenvalue weighted by atomic mass is 10.1. The summed E-state index contributed by atoms with van der Waals surface area (Å²) in [5, 5.41) is 2.98. The molecule has 1 aromatic heterocycles. The maximum atomic E-state index is 12.1. The molecule has 6 nitrogen and oxygen atoms in total. The summed E-state index contributed by atoms with van der Waals surface area (Å²) in [6.07, 6.45) is 10.9. The first-order chi connectivity index (χ1) is 10.7. The molecule has 1 atom stereocenters. The molecule has 0 radical (unpaired) electrons. The van der Waals surface area contributed by atoms with Gasteiger partial charge in [0.15, 0.2) is 0 Å². The number of amides is 2. The van der Waals surface area contributed by atoms with Gasteiger partial charge in [-0.1, -0.05) is 0 Å². The van der Waals surface area contributed by atoms with Crippen molar-refractivity contribution in [3.8, 4) is 0 Å². The maximum Gasteiger partial charge on any atom is 0.317 e. The molecule has 1 N–H and O–H groups in total. The zero-order valence-electron chi connectivity index (χ0n) is 13.3. The van der Waals surface area contributed by atoms with Gasteiger partial charge in [0.25, 0.3) is 0 Å². The summed E-state index contributed by atoms with van der Waals surface area (Å²) in [5.74, 6) is 0. The number of carbonyl (C=O) groups excluding carboxylic acids is 1. The largest absolute Gasteiger partial charge is 0.378 e. The Morgan fingerprint density at radius 2 is 2.36 bits per heavy atom. The average Bonchev–Trinajstić information content (AvgIpc) is 3.03. The molecule has 1 aromatic rings. The molecule has 1 saturated heterocycles. The lowest BCUT2D eigenvalue weighted by molar-refractivity contribution is 0.100. The van der Waals surface area contributed by atoms with Crippen LogP contribution in [0, 0.1) is 0 Å². The van der Waals surface area contributed by atoms with Crippen LogP contribution in [0.1, 0.15) is 50.3 Å². The first-order valence-corrected chi connectivity index (χ1v) is 8.35. The molecular weight excluding hydrogens is 280 g/mol. The normalized spacial score (nSPS) is 21.0. The van der Waals surface area contributed by atoms with Gasteiger partial charge in [-0.15, -0.1) is 0 Å². The van der Waals surface area contributed by atoms with E-state index < -0.39 is 0 Å². The maximum absolute atomic E-state index is 12.1. The van der Waals surface area contributed by atoms with Crippen LogP contribution in [0.25, 0.3) is 0 Å². The molecule has 22 heavy (non-hydrogen) atoms. The molecule has 2 fully saturated rings. The van der Waals surface area contributed by atoms with E-state index in [-0.39, 0.29) is 6.03 Å². The smallest absolute Gasteiger partial charge is 0.317 e. The van der Waals surface area contributed by atoms with E-state index in [9.17, 15) is 4.79 Å². The lowest BCUT2D eigenvalue weighted by Gasteiger charge is -2.19. The summed E-state index contributed by atoms with van der Waals surface area (Å²) in [4.78, 5) is 18.1. The second-order valence-electron chi connectivity index (χ2n) is 6.38. The van der Waals surface area contributed by atoms with Crippen LogP contribution in [-0.4, -0.2) is 46.8 Å². The van der Waals surface area contributed by atoms with Crippen molar-refractivity contribution in [3.63, 3.8) is 0 Å². The summed E-state index contributed by atoms with van der Waals surface area (Å²) in [6, 6.07) is 0.578. The first-order valence-electron chi connectivity index (χ1n) is 8.35. The quantitative estimate of drug-likeness (QED) is 0.841. The van der Waals surface area contributed by atoms with E-state index in [1.54, 1.807) is 4.90 Å². The second-order valence-corrected chi connectivity index (χ2v) is 6.38. The Hall–Kier alpha value is -1.56. The van der Waals surface area contributed by atoms with E-state index >= 15 is 0 Å². The topological polar surface area (TPSA) is 59.4 Å². The van der Waals surface area contributed by atoms with Gasteiger partial charge < -0.3 is 19.5 Å². The second kappa shape index (κ2) is 7.13. The Morgan fingerprint density at radius 1 is 1.50 bits per heavy atom. The van der Waals surface area contributed by atoms with Crippen LogP contribution in [0.3, 0.4) is 0 Å². The van der Waals surface area contributed by atoms with Gasteiger partial charge in [-0.2, -0.15) is 0 Å². The Balaban J connectivity index is 1.36. The number of nitrogens with zero attached hydrogens (tertiary/aromatic N) is 3. The molecule has 2 aliphatic rings. The summed E-state index contributed by atoms with van der Waals surface area (Å²) >= 11 is 0. The summed E-state index contributed by atoms with van der Waals surface area (Å²) in [7, 11) is 1.85. The van der Waals surface area contributed by atoms with Crippen LogP contribution in [0.2, 0.25) is 0 Å². The van der Waals surface area contributed by atoms with Crippen molar-refractivity contribution < 1.29 is 9.53 Å². The van der Waals surface area contributed by atoms with E-state index in [2.05, 4.69) is 14.9 Å². The predicted molar refractivity (Wildman–Crippen MR) is 83.6 cm³/mol. The first kappa shape index (κ1) is 15.3. The number of aromatic nitrogens is 2. The Labute approximate surface area is 131 Å². The zero-order chi connectivity index (χ0) is 15.4. The van der Waals surface area contributed by atoms with Gasteiger partial charge in [-0.05, 0) is 38.5 Å². The highest BCUT2D eigenvalue weighted by Crippen LogP contribution is 2.35. The lowest BCUT2D eigenvalue weighted by Crippen LogP contribution is -2.37. The van der Waals surface area contributed by atoms with Crippen LogP contribution < -0.4 is 5.32 Å².